The molecule has 0 amide bonds. The summed E-state index contributed by atoms with van der Waals surface area (Å²) in [7, 11) is 4.00. The van der Waals surface area contributed by atoms with E-state index in [4.69, 9.17) is 9.40 Å². The van der Waals surface area contributed by atoms with Crippen molar-refractivity contribution in [2.24, 2.45) is 0 Å². The smallest absolute Gasteiger partial charge is 0.129 e. The zero-order valence-electron chi connectivity index (χ0n) is 12.7. The van der Waals surface area contributed by atoms with Crippen molar-refractivity contribution in [1.82, 2.24) is 10.3 Å². The predicted octanol–water partition coefficient (Wildman–Crippen LogP) is 2.90. The third-order valence-electron chi connectivity index (χ3n) is 3.25. The molecule has 4 heteroatoms. The molecule has 0 bridgehead atoms. The van der Waals surface area contributed by atoms with Gasteiger partial charge in [-0.1, -0.05) is 6.92 Å². The Morgan fingerprint density at radius 1 is 1.30 bits per heavy atom. The summed E-state index contributed by atoms with van der Waals surface area (Å²) in [4.78, 5) is 6.82. The number of hydrogen-bond acceptors (Lipinski definition) is 4. The van der Waals surface area contributed by atoms with Gasteiger partial charge in [-0.15, -0.1) is 0 Å². The number of nitrogens with zero attached hydrogens (tertiary/aromatic N) is 2. The molecule has 0 radical (unpaired) electrons. The van der Waals surface area contributed by atoms with E-state index in [-0.39, 0.29) is 0 Å². The van der Waals surface area contributed by atoms with Crippen molar-refractivity contribution in [2.45, 2.75) is 33.4 Å². The first-order chi connectivity index (χ1) is 9.62. The van der Waals surface area contributed by atoms with Gasteiger partial charge in [0, 0.05) is 19.3 Å². The third-order valence-corrected chi connectivity index (χ3v) is 3.25. The van der Waals surface area contributed by atoms with Gasteiger partial charge in [0.15, 0.2) is 0 Å². The molecule has 2 aromatic rings. The molecule has 0 aliphatic rings. The predicted molar refractivity (Wildman–Crippen MR) is 81.9 cm³/mol. The molecule has 20 heavy (non-hydrogen) atoms. The highest BCUT2D eigenvalue weighted by molar-refractivity contribution is 5.42. The van der Waals surface area contributed by atoms with E-state index >= 15 is 0 Å². The molecule has 0 aromatic carbocycles. The quantitative estimate of drug-likeness (QED) is 0.878. The van der Waals surface area contributed by atoms with Gasteiger partial charge >= 0.3 is 0 Å². The van der Waals surface area contributed by atoms with Crippen LogP contribution in [-0.2, 0) is 19.5 Å². The monoisotopic (exact) mass is 273 g/mol. The Morgan fingerprint density at radius 3 is 2.70 bits per heavy atom. The van der Waals surface area contributed by atoms with Crippen molar-refractivity contribution >= 4 is 5.82 Å². The molecule has 2 heterocycles. The number of hydrogen-bond donors (Lipinski definition) is 1. The number of anilines is 1. The zero-order chi connectivity index (χ0) is 14.5. The molecule has 0 atom stereocenters. The maximum absolute atomic E-state index is 5.63. The number of aromatic nitrogens is 1. The van der Waals surface area contributed by atoms with Crippen LogP contribution in [0.1, 0.15) is 29.7 Å². The lowest BCUT2D eigenvalue weighted by atomic mass is 10.2. The molecule has 0 saturated carbocycles. The van der Waals surface area contributed by atoms with E-state index in [1.807, 2.05) is 33.2 Å². The van der Waals surface area contributed by atoms with Gasteiger partial charge in [0.05, 0.1) is 6.54 Å². The van der Waals surface area contributed by atoms with Gasteiger partial charge < -0.3 is 14.6 Å². The third kappa shape index (κ3) is 3.61. The van der Waals surface area contributed by atoms with Crippen molar-refractivity contribution in [3.63, 3.8) is 0 Å². The van der Waals surface area contributed by atoms with Gasteiger partial charge in [0.25, 0.3) is 0 Å². The van der Waals surface area contributed by atoms with E-state index in [1.54, 1.807) is 0 Å². The van der Waals surface area contributed by atoms with Gasteiger partial charge in [-0.2, -0.15) is 0 Å². The van der Waals surface area contributed by atoms with Crippen LogP contribution in [0.4, 0.5) is 5.82 Å². The Hall–Kier alpha value is -1.81. The molecule has 2 aromatic heterocycles. The summed E-state index contributed by atoms with van der Waals surface area (Å²) in [5.74, 6) is 2.90. The van der Waals surface area contributed by atoms with Gasteiger partial charge in [-0.25, -0.2) is 4.98 Å². The van der Waals surface area contributed by atoms with Crippen LogP contribution in [0, 0.1) is 6.92 Å². The Balaban J connectivity index is 2.19. The average molecular weight is 273 g/mol. The van der Waals surface area contributed by atoms with E-state index in [1.165, 1.54) is 5.56 Å². The molecule has 1 N–H and O–H groups in total. The molecule has 0 unspecified atom stereocenters. The highest BCUT2D eigenvalue weighted by Crippen LogP contribution is 2.18. The average Bonchev–Trinajstić information content (AvgIpc) is 2.84. The molecular formula is C16H23N3O. The largest absolute Gasteiger partial charge is 0.464 e. The van der Waals surface area contributed by atoms with Gasteiger partial charge in [-0.3, -0.25) is 0 Å². The number of rotatable bonds is 6. The second-order valence-electron chi connectivity index (χ2n) is 5.08. The van der Waals surface area contributed by atoms with Crippen LogP contribution < -0.4 is 10.2 Å². The van der Waals surface area contributed by atoms with E-state index in [0.717, 1.165) is 42.5 Å². The fraction of sp³-hybridized carbons (Fsp3) is 0.438. The maximum Gasteiger partial charge on any atom is 0.129 e. The Bertz CT molecular complexity index is 563. The van der Waals surface area contributed by atoms with Crippen molar-refractivity contribution in [1.29, 1.82) is 0 Å². The summed E-state index contributed by atoms with van der Waals surface area (Å²) < 4.78 is 5.63. The zero-order valence-corrected chi connectivity index (χ0v) is 12.7. The minimum atomic E-state index is 0.729. The SMILES string of the molecule is CCc1cc(CNC)cc(N(C)Cc2ccc(C)o2)n1. The normalized spacial score (nSPS) is 10.8. The van der Waals surface area contributed by atoms with Crippen molar-refractivity contribution in [2.75, 3.05) is 19.0 Å². The first-order valence-electron chi connectivity index (χ1n) is 7.03. The van der Waals surface area contributed by atoms with Crippen LogP contribution in [0.25, 0.3) is 0 Å². The molecule has 0 aliphatic heterocycles. The number of pyridine rings is 1. The minimum Gasteiger partial charge on any atom is -0.464 e. The number of nitrogens with one attached hydrogen (secondary N) is 1. The fourth-order valence-electron chi connectivity index (χ4n) is 2.20. The maximum atomic E-state index is 5.63. The summed E-state index contributed by atoms with van der Waals surface area (Å²) in [6.45, 7) is 5.68. The van der Waals surface area contributed by atoms with Crippen LogP contribution in [0.5, 0.6) is 0 Å². The standard InChI is InChI=1S/C16H23N3O/c1-5-14-8-13(10-17-3)9-16(18-14)19(4)11-15-7-6-12(2)20-15/h6-9,17H,5,10-11H2,1-4H3. The molecule has 0 fully saturated rings. The summed E-state index contributed by atoms with van der Waals surface area (Å²) >= 11 is 0. The summed E-state index contributed by atoms with van der Waals surface area (Å²) in [6.07, 6.45) is 0.943. The second-order valence-corrected chi connectivity index (χ2v) is 5.08. The molecule has 4 nitrogen and oxygen atoms in total. The molecule has 2 rings (SSSR count). The van der Waals surface area contributed by atoms with Crippen LogP contribution in [0.3, 0.4) is 0 Å². The summed E-state index contributed by atoms with van der Waals surface area (Å²) in [6, 6.07) is 8.30. The Kier molecular flexibility index (Phi) is 4.79. The molecular weight excluding hydrogens is 250 g/mol. The first-order valence-corrected chi connectivity index (χ1v) is 7.03. The first kappa shape index (κ1) is 14.6. The molecule has 0 spiro atoms. The van der Waals surface area contributed by atoms with E-state index < -0.39 is 0 Å². The van der Waals surface area contributed by atoms with Crippen LogP contribution in [-0.4, -0.2) is 19.1 Å². The Labute approximate surface area is 120 Å². The van der Waals surface area contributed by atoms with E-state index in [9.17, 15) is 0 Å². The van der Waals surface area contributed by atoms with E-state index in [2.05, 4.69) is 29.3 Å². The minimum absolute atomic E-state index is 0.729. The summed E-state index contributed by atoms with van der Waals surface area (Å²) in [5, 5.41) is 3.19. The summed E-state index contributed by atoms with van der Waals surface area (Å²) in [5.41, 5.74) is 2.38. The van der Waals surface area contributed by atoms with Crippen molar-refractivity contribution < 1.29 is 4.42 Å². The Morgan fingerprint density at radius 2 is 2.10 bits per heavy atom. The van der Waals surface area contributed by atoms with Crippen LogP contribution in [0.2, 0.25) is 0 Å². The van der Waals surface area contributed by atoms with Crippen molar-refractivity contribution in [3.05, 3.63) is 47.0 Å². The molecule has 0 saturated heterocycles. The van der Waals surface area contributed by atoms with E-state index in [0.29, 0.717) is 0 Å². The topological polar surface area (TPSA) is 41.3 Å². The molecule has 0 aliphatic carbocycles. The van der Waals surface area contributed by atoms with Gasteiger partial charge in [0.2, 0.25) is 0 Å². The lowest BCUT2D eigenvalue weighted by Crippen LogP contribution is -2.18. The lowest BCUT2D eigenvalue weighted by molar-refractivity contribution is 0.481. The van der Waals surface area contributed by atoms with Gasteiger partial charge in [0.1, 0.15) is 17.3 Å². The fourth-order valence-corrected chi connectivity index (χ4v) is 2.20. The van der Waals surface area contributed by atoms with Gasteiger partial charge in [-0.05, 0) is 50.2 Å². The highest BCUT2D eigenvalue weighted by atomic mass is 16.3. The second kappa shape index (κ2) is 6.57. The number of aryl methyl sites for hydroxylation is 2. The van der Waals surface area contributed by atoms with Crippen LogP contribution >= 0.6 is 0 Å². The van der Waals surface area contributed by atoms with Crippen molar-refractivity contribution in [3.8, 4) is 0 Å². The number of furan rings is 1. The van der Waals surface area contributed by atoms with Crippen LogP contribution in [0.15, 0.2) is 28.7 Å². The highest BCUT2D eigenvalue weighted by Gasteiger charge is 2.09. The lowest BCUT2D eigenvalue weighted by Gasteiger charge is -2.19. The molecule has 108 valence electrons.